The maximum absolute atomic E-state index is 14.0. The van der Waals surface area contributed by atoms with E-state index >= 15 is 0 Å². The summed E-state index contributed by atoms with van der Waals surface area (Å²) in [6.07, 6.45) is 1.16. The Hall–Kier alpha value is -3.65. The topological polar surface area (TPSA) is 86.8 Å². The first kappa shape index (κ1) is 29.9. The zero-order chi connectivity index (χ0) is 28.4. The fourth-order valence-electron chi connectivity index (χ4n) is 4.34. The van der Waals surface area contributed by atoms with Gasteiger partial charge in [-0.15, -0.1) is 0 Å². The Kier molecular flexibility index (Phi) is 10.7. The van der Waals surface area contributed by atoms with E-state index in [1.54, 1.807) is 30.3 Å². The number of carbonyl (C=O) groups excluding carboxylic acids is 2. The molecule has 8 heteroatoms. The minimum atomic E-state index is -4.07. The van der Waals surface area contributed by atoms with Crippen LogP contribution in [0.4, 0.5) is 5.69 Å². The maximum Gasteiger partial charge on any atom is 0.264 e. The second-order valence-corrected chi connectivity index (χ2v) is 11.7. The molecule has 1 atom stereocenters. The predicted molar refractivity (Wildman–Crippen MR) is 156 cm³/mol. The molecule has 0 heterocycles. The van der Waals surface area contributed by atoms with Gasteiger partial charge in [0.1, 0.15) is 12.6 Å². The third kappa shape index (κ3) is 7.69. The Bertz CT molecular complexity index is 1310. The SMILES string of the molecule is CCCNC(=O)[C@@H](CC)N(Cc1ccccc1)C(=O)CN(c1ccc(C(C)C)cc1)S(=O)(=O)c1ccccc1. The van der Waals surface area contributed by atoms with Crippen LogP contribution in [0.25, 0.3) is 0 Å². The number of nitrogens with zero attached hydrogens (tertiary/aromatic N) is 2. The first-order valence-corrected chi connectivity index (χ1v) is 14.9. The van der Waals surface area contributed by atoms with Crippen LogP contribution in [0.2, 0.25) is 0 Å². The highest BCUT2D eigenvalue weighted by Gasteiger charge is 2.33. The van der Waals surface area contributed by atoms with Crippen LogP contribution < -0.4 is 9.62 Å². The van der Waals surface area contributed by atoms with Crippen molar-refractivity contribution >= 4 is 27.5 Å². The quantitative estimate of drug-likeness (QED) is 0.312. The van der Waals surface area contributed by atoms with Crippen molar-refractivity contribution in [2.45, 2.75) is 63.9 Å². The van der Waals surface area contributed by atoms with Crippen molar-refractivity contribution in [2.24, 2.45) is 0 Å². The molecule has 0 radical (unpaired) electrons. The molecule has 0 saturated carbocycles. The second kappa shape index (κ2) is 13.9. The molecular weight excluding hydrogens is 510 g/mol. The average Bonchev–Trinajstić information content (AvgIpc) is 2.95. The molecule has 0 aliphatic carbocycles. The van der Waals surface area contributed by atoms with Gasteiger partial charge in [-0.2, -0.15) is 0 Å². The van der Waals surface area contributed by atoms with Gasteiger partial charge in [0.25, 0.3) is 10.0 Å². The summed E-state index contributed by atoms with van der Waals surface area (Å²) in [5.74, 6) is -0.430. The normalized spacial score (nSPS) is 12.1. The van der Waals surface area contributed by atoms with Crippen molar-refractivity contribution in [3.63, 3.8) is 0 Å². The monoisotopic (exact) mass is 549 g/mol. The standard InChI is InChI=1S/C31H39N3O4S/c1-5-21-32-31(36)29(6-2)33(22-25-13-9-7-10-14-25)30(35)23-34(27-19-17-26(18-20-27)24(3)4)39(37,38)28-15-11-8-12-16-28/h7-20,24,29H,5-6,21-23H2,1-4H3,(H,32,36)/t29-/m1/s1. The number of amides is 2. The summed E-state index contributed by atoms with van der Waals surface area (Å²) < 4.78 is 28.9. The summed E-state index contributed by atoms with van der Waals surface area (Å²) in [5, 5.41) is 2.90. The molecule has 0 aliphatic rings. The van der Waals surface area contributed by atoms with E-state index < -0.39 is 28.5 Å². The minimum Gasteiger partial charge on any atom is -0.354 e. The van der Waals surface area contributed by atoms with Crippen molar-refractivity contribution in [1.82, 2.24) is 10.2 Å². The van der Waals surface area contributed by atoms with Gasteiger partial charge >= 0.3 is 0 Å². The summed E-state index contributed by atoms with van der Waals surface area (Å²) in [6, 6.07) is 24.0. The number of sulfonamides is 1. The van der Waals surface area contributed by atoms with Crippen molar-refractivity contribution in [1.29, 1.82) is 0 Å². The van der Waals surface area contributed by atoms with Crippen LogP contribution in [0, 0.1) is 0 Å². The summed E-state index contributed by atoms with van der Waals surface area (Å²) in [5.41, 5.74) is 2.30. The van der Waals surface area contributed by atoms with Crippen LogP contribution in [-0.2, 0) is 26.2 Å². The Morgan fingerprint density at radius 3 is 1.97 bits per heavy atom. The number of hydrogen-bond donors (Lipinski definition) is 1. The van der Waals surface area contributed by atoms with Gasteiger partial charge in [0.15, 0.2) is 0 Å². The van der Waals surface area contributed by atoms with E-state index in [2.05, 4.69) is 19.2 Å². The van der Waals surface area contributed by atoms with Gasteiger partial charge in [-0.05, 0) is 54.2 Å². The number of nitrogens with one attached hydrogen (secondary N) is 1. The van der Waals surface area contributed by atoms with Crippen LogP contribution in [0.3, 0.4) is 0 Å². The Labute approximate surface area is 232 Å². The highest BCUT2D eigenvalue weighted by atomic mass is 32.2. The largest absolute Gasteiger partial charge is 0.354 e. The highest BCUT2D eigenvalue weighted by Crippen LogP contribution is 2.26. The van der Waals surface area contributed by atoms with E-state index in [1.807, 2.05) is 56.3 Å². The van der Waals surface area contributed by atoms with Gasteiger partial charge in [0, 0.05) is 13.1 Å². The Morgan fingerprint density at radius 2 is 1.44 bits per heavy atom. The number of benzene rings is 3. The number of anilines is 1. The second-order valence-electron chi connectivity index (χ2n) is 9.79. The van der Waals surface area contributed by atoms with Gasteiger partial charge in [-0.3, -0.25) is 13.9 Å². The summed E-state index contributed by atoms with van der Waals surface area (Å²) in [6.45, 7) is 8.18. The lowest BCUT2D eigenvalue weighted by Gasteiger charge is -2.33. The van der Waals surface area contributed by atoms with Crippen LogP contribution in [0.15, 0.2) is 89.8 Å². The zero-order valence-corrected chi connectivity index (χ0v) is 24.0. The molecule has 3 aromatic rings. The van der Waals surface area contributed by atoms with E-state index in [0.29, 0.717) is 18.7 Å². The molecule has 0 saturated heterocycles. The molecule has 0 unspecified atom stereocenters. The molecule has 39 heavy (non-hydrogen) atoms. The highest BCUT2D eigenvalue weighted by molar-refractivity contribution is 7.92. The van der Waals surface area contributed by atoms with Crippen LogP contribution in [-0.4, -0.2) is 44.3 Å². The molecule has 208 valence electrons. The van der Waals surface area contributed by atoms with Crippen molar-refractivity contribution in [3.05, 3.63) is 96.1 Å². The number of rotatable bonds is 13. The molecule has 2 amide bonds. The predicted octanol–water partition coefficient (Wildman–Crippen LogP) is 5.34. The summed E-state index contributed by atoms with van der Waals surface area (Å²) >= 11 is 0. The van der Waals surface area contributed by atoms with E-state index in [0.717, 1.165) is 21.9 Å². The maximum atomic E-state index is 14.0. The smallest absolute Gasteiger partial charge is 0.264 e. The first-order valence-electron chi connectivity index (χ1n) is 13.5. The van der Waals surface area contributed by atoms with Gasteiger partial charge in [-0.1, -0.05) is 88.4 Å². The molecule has 0 bridgehead atoms. The lowest BCUT2D eigenvalue weighted by molar-refractivity contribution is -0.140. The van der Waals surface area contributed by atoms with Crippen molar-refractivity contribution < 1.29 is 18.0 Å². The average molecular weight is 550 g/mol. The third-order valence-corrected chi connectivity index (χ3v) is 8.38. The molecule has 3 aromatic carbocycles. The Morgan fingerprint density at radius 1 is 0.846 bits per heavy atom. The van der Waals surface area contributed by atoms with E-state index in [4.69, 9.17) is 0 Å². The van der Waals surface area contributed by atoms with Crippen LogP contribution in [0.1, 0.15) is 57.6 Å². The molecule has 0 aliphatic heterocycles. The number of hydrogen-bond acceptors (Lipinski definition) is 4. The summed E-state index contributed by atoms with van der Waals surface area (Å²) in [7, 11) is -4.07. The molecule has 7 nitrogen and oxygen atoms in total. The van der Waals surface area contributed by atoms with Crippen molar-refractivity contribution in [2.75, 3.05) is 17.4 Å². The molecule has 0 spiro atoms. The van der Waals surface area contributed by atoms with Crippen LogP contribution >= 0.6 is 0 Å². The van der Waals surface area contributed by atoms with Gasteiger partial charge in [0.2, 0.25) is 11.8 Å². The van der Waals surface area contributed by atoms with Gasteiger partial charge in [0.05, 0.1) is 10.6 Å². The zero-order valence-electron chi connectivity index (χ0n) is 23.2. The number of carbonyl (C=O) groups is 2. The molecule has 1 N–H and O–H groups in total. The summed E-state index contributed by atoms with van der Waals surface area (Å²) in [4.78, 5) is 28.7. The fraction of sp³-hybridized carbons (Fsp3) is 0.355. The van der Waals surface area contributed by atoms with E-state index in [1.165, 1.54) is 17.0 Å². The fourth-order valence-corrected chi connectivity index (χ4v) is 5.77. The lowest BCUT2D eigenvalue weighted by atomic mass is 10.0. The molecule has 0 fully saturated rings. The van der Waals surface area contributed by atoms with Gasteiger partial charge in [-0.25, -0.2) is 8.42 Å². The lowest BCUT2D eigenvalue weighted by Crippen LogP contribution is -2.52. The van der Waals surface area contributed by atoms with Gasteiger partial charge < -0.3 is 10.2 Å². The minimum absolute atomic E-state index is 0.0908. The van der Waals surface area contributed by atoms with E-state index in [-0.39, 0.29) is 23.3 Å². The van der Waals surface area contributed by atoms with Crippen molar-refractivity contribution in [3.8, 4) is 0 Å². The molecule has 3 rings (SSSR count). The third-order valence-electron chi connectivity index (χ3n) is 6.59. The molecular formula is C31H39N3O4S. The van der Waals surface area contributed by atoms with E-state index in [9.17, 15) is 18.0 Å². The Balaban J connectivity index is 2.03. The van der Waals surface area contributed by atoms with Crippen LogP contribution in [0.5, 0.6) is 0 Å². The first-order chi connectivity index (χ1) is 18.7. The molecule has 0 aromatic heterocycles.